The summed E-state index contributed by atoms with van der Waals surface area (Å²) in [5, 5.41) is 17.4. The van der Waals surface area contributed by atoms with E-state index in [1.54, 1.807) is 0 Å². The highest BCUT2D eigenvalue weighted by Crippen LogP contribution is 2.31. The van der Waals surface area contributed by atoms with Gasteiger partial charge in [-0.3, -0.25) is 4.79 Å². The fourth-order valence-electron chi connectivity index (χ4n) is 0.775. The lowest BCUT2D eigenvalue weighted by Crippen LogP contribution is -2.47. The van der Waals surface area contributed by atoms with Gasteiger partial charge >= 0.3 is 12.1 Å². The minimum absolute atomic E-state index is 0.641. The van der Waals surface area contributed by atoms with Gasteiger partial charge < -0.3 is 15.9 Å². The summed E-state index contributed by atoms with van der Waals surface area (Å²) >= 11 is 0.674. The van der Waals surface area contributed by atoms with Crippen LogP contribution in [0, 0.1) is 0 Å². The molecule has 1 unspecified atom stereocenters. The molecule has 0 aromatic carbocycles. The molecule has 0 radical (unpaired) electrons. The van der Waals surface area contributed by atoms with Gasteiger partial charge in [-0.1, -0.05) is 0 Å². The van der Waals surface area contributed by atoms with Crippen molar-refractivity contribution in [1.29, 1.82) is 0 Å². The quantitative estimate of drug-likeness (QED) is 0.683. The number of thioether (sulfide) groups is 1. The van der Waals surface area contributed by atoms with E-state index >= 15 is 0 Å². The number of halogens is 3. The van der Waals surface area contributed by atoms with E-state index in [2.05, 4.69) is 0 Å². The molecule has 0 aliphatic carbocycles. The van der Waals surface area contributed by atoms with Gasteiger partial charge in [-0.25, -0.2) is 0 Å². The summed E-state index contributed by atoms with van der Waals surface area (Å²) in [6, 6.07) is -1.29. The first-order chi connectivity index (χ1) is 6.98. The first kappa shape index (κ1) is 15.5. The molecule has 0 aromatic heterocycles. The normalized spacial score (nSPS) is 16.9. The van der Waals surface area contributed by atoms with Crippen LogP contribution in [0.1, 0.15) is 13.8 Å². The number of aliphatic hydroxyl groups is 1. The van der Waals surface area contributed by atoms with Crippen molar-refractivity contribution in [3.63, 3.8) is 0 Å². The maximum Gasteiger partial charge on any atom is 0.415 e. The third-order valence-electron chi connectivity index (χ3n) is 2.01. The molecular formula is C8H14F3NO3S. The lowest BCUT2D eigenvalue weighted by Gasteiger charge is -2.29. The Labute approximate surface area is 95.0 Å². The second-order valence-corrected chi connectivity index (χ2v) is 5.46. The third kappa shape index (κ3) is 4.58. The molecule has 0 spiro atoms. The number of rotatable bonds is 5. The van der Waals surface area contributed by atoms with Crippen molar-refractivity contribution in [3.05, 3.63) is 0 Å². The van der Waals surface area contributed by atoms with E-state index < -0.39 is 34.8 Å². The van der Waals surface area contributed by atoms with Gasteiger partial charge in [-0.15, -0.1) is 0 Å². The van der Waals surface area contributed by atoms with Crippen molar-refractivity contribution >= 4 is 17.7 Å². The maximum absolute atomic E-state index is 12.0. The molecule has 0 amide bonds. The van der Waals surface area contributed by atoms with Crippen LogP contribution in [0.25, 0.3) is 0 Å². The monoisotopic (exact) mass is 261 g/mol. The van der Waals surface area contributed by atoms with E-state index in [-0.39, 0.29) is 0 Å². The van der Waals surface area contributed by atoms with Crippen molar-refractivity contribution in [2.45, 2.75) is 36.9 Å². The van der Waals surface area contributed by atoms with Crippen LogP contribution in [-0.2, 0) is 4.79 Å². The number of carboxylic acids is 1. The van der Waals surface area contributed by atoms with Crippen LogP contribution in [0.4, 0.5) is 13.2 Å². The highest BCUT2D eigenvalue weighted by atomic mass is 32.2. The highest BCUT2D eigenvalue weighted by molar-refractivity contribution is 8.00. The van der Waals surface area contributed by atoms with E-state index in [0.29, 0.717) is 11.8 Å². The minimum Gasteiger partial charge on any atom is -0.480 e. The van der Waals surface area contributed by atoms with E-state index in [9.17, 15) is 18.0 Å². The molecular weight excluding hydrogens is 247 g/mol. The number of aliphatic hydroxyl groups excluding tert-OH is 1. The Hall–Kier alpha value is -0.470. The molecule has 2 atom stereocenters. The van der Waals surface area contributed by atoms with E-state index in [1.165, 1.54) is 13.8 Å². The van der Waals surface area contributed by atoms with Gasteiger partial charge in [0, 0.05) is 10.5 Å². The molecule has 0 aliphatic rings. The van der Waals surface area contributed by atoms with Crippen LogP contribution in [-0.4, -0.2) is 45.0 Å². The molecule has 0 bridgehead atoms. The minimum atomic E-state index is -4.70. The van der Waals surface area contributed by atoms with Crippen molar-refractivity contribution in [2.24, 2.45) is 5.73 Å². The number of carbonyl (C=O) groups is 1. The van der Waals surface area contributed by atoms with Crippen molar-refractivity contribution in [3.8, 4) is 0 Å². The molecule has 16 heavy (non-hydrogen) atoms. The summed E-state index contributed by atoms with van der Waals surface area (Å²) in [7, 11) is 0. The van der Waals surface area contributed by atoms with Gasteiger partial charge in [0.1, 0.15) is 6.04 Å². The lowest BCUT2D eigenvalue weighted by atomic mass is 10.1. The molecule has 96 valence electrons. The Bertz CT molecular complexity index is 257. The van der Waals surface area contributed by atoms with Gasteiger partial charge in [0.05, 0.1) is 0 Å². The second kappa shape index (κ2) is 5.24. The van der Waals surface area contributed by atoms with Gasteiger partial charge in [0.2, 0.25) is 0 Å². The number of nitrogens with two attached hydrogens (primary N) is 1. The second-order valence-electron chi connectivity index (χ2n) is 3.79. The zero-order chi connectivity index (χ0) is 13.1. The van der Waals surface area contributed by atoms with E-state index in [4.69, 9.17) is 15.9 Å². The first-order valence-corrected chi connectivity index (χ1v) is 5.34. The summed E-state index contributed by atoms with van der Waals surface area (Å²) in [5.41, 5.74) is 5.31. The number of hydrogen-bond donors (Lipinski definition) is 3. The summed E-state index contributed by atoms with van der Waals surface area (Å²) in [5.74, 6) is -1.93. The topological polar surface area (TPSA) is 83.5 Å². The Morgan fingerprint density at radius 3 is 2.19 bits per heavy atom. The lowest BCUT2D eigenvalue weighted by molar-refractivity contribution is -0.195. The number of carboxylic acid groups (broad SMARTS) is 1. The molecule has 4 nitrogen and oxygen atoms in total. The molecule has 0 heterocycles. The van der Waals surface area contributed by atoms with E-state index in [0.717, 1.165) is 0 Å². The standard InChI is InChI=1S/C8H14F3NO3S/c1-7(2,5(12)6(14)15)16-3-4(13)8(9,10)11/h4-5,13H,3,12H2,1-2H3,(H,14,15)/t4?,5-/m1/s1. The predicted molar refractivity (Wildman–Crippen MR) is 54.2 cm³/mol. The molecule has 0 rings (SSSR count). The SMILES string of the molecule is CC(C)(SCC(O)C(F)(F)F)[C@H](N)C(=O)O. The first-order valence-electron chi connectivity index (χ1n) is 4.35. The Morgan fingerprint density at radius 2 is 1.88 bits per heavy atom. The number of hydrogen-bond acceptors (Lipinski definition) is 4. The van der Waals surface area contributed by atoms with Crippen LogP contribution >= 0.6 is 11.8 Å². The summed E-state index contributed by atoms with van der Waals surface area (Å²) in [6.07, 6.45) is -7.17. The molecule has 0 aliphatic heterocycles. The van der Waals surface area contributed by atoms with Crippen molar-refractivity contribution in [2.75, 3.05) is 5.75 Å². The maximum atomic E-state index is 12.0. The summed E-state index contributed by atoms with van der Waals surface area (Å²) in [4.78, 5) is 10.6. The van der Waals surface area contributed by atoms with Crippen LogP contribution in [0.15, 0.2) is 0 Å². The van der Waals surface area contributed by atoms with Gasteiger partial charge in [-0.2, -0.15) is 24.9 Å². The average Bonchev–Trinajstić information content (AvgIpc) is 2.11. The molecule has 0 aromatic rings. The fourth-order valence-corrected chi connectivity index (χ4v) is 1.83. The van der Waals surface area contributed by atoms with Crippen LogP contribution in [0.2, 0.25) is 0 Å². The number of aliphatic carboxylic acids is 1. The van der Waals surface area contributed by atoms with Gasteiger partial charge in [-0.05, 0) is 13.8 Å². The Kier molecular flexibility index (Phi) is 5.09. The fraction of sp³-hybridized carbons (Fsp3) is 0.875. The number of alkyl halides is 3. The van der Waals surface area contributed by atoms with Crippen molar-refractivity contribution < 1.29 is 28.2 Å². The predicted octanol–water partition coefficient (Wildman–Crippen LogP) is 0.833. The Balaban J connectivity index is 4.35. The molecule has 0 saturated carbocycles. The Morgan fingerprint density at radius 1 is 1.44 bits per heavy atom. The third-order valence-corrected chi connectivity index (χ3v) is 3.49. The zero-order valence-electron chi connectivity index (χ0n) is 8.78. The largest absolute Gasteiger partial charge is 0.480 e. The summed E-state index contributed by atoms with van der Waals surface area (Å²) < 4.78 is 34.8. The highest BCUT2D eigenvalue weighted by Gasteiger charge is 2.41. The van der Waals surface area contributed by atoms with Crippen molar-refractivity contribution in [1.82, 2.24) is 0 Å². The van der Waals surface area contributed by atoms with Gasteiger partial charge in [0.25, 0.3) is 0 Å². The van der Waals surface area contributed by atoms with Crippen LogP contribution < -0.4 is 5.73 Å². The van der Waals surface area contributed by atoms with Crippen LogP contribution in [0.5, 0.6) is 0 Å². The molecule has 0 saturated heterocycles. The average molecular weight is 261 g/mol. The molecule has 0 fully saturated rings. The van der Waals surface area contributed by atoms with E-state index in [1.807, 2.05) is 0 Å². The van der Waals surface area contributed by atoms with Crippen LogP contribution in [0.3, 0.4) is 0 Å². The smallest absolute Gasteiger partial charge is 0.415 e. The zero-order valence-corrected chi connectivity index (χ0v) is 9.60. The summed E-state index contributed by atoms with van der Waals surface area (Å²) in [6.45, 7) is 2.83. The molecule has 4 N–H and O–H groups in total. The molecule has 8 heteroatoms. The van der Waals surface area contributed by atoms with Gasteiger partial charge in [0.15, 0.2) is 6.10 Å².